The van der Waals surface area contributed by atoms with E-state index in [1.165, 1.54) is 12.1 Å². The van der Waals surface area contributed by atoms with Crippen molar-refractivity contribution >= 4 is 21.4 Å². The monoisotopic (exact) mass is 335 g/mol. The first-order chi connectivity index (χ1) is 10.4. The Labute approximate surface area is 134 Å². The van der Waals surface area contributed by atoms with E-state index in [0.29, 0.717) is 5.56 Å². The van der Waals surface area contributed by atoms with Crippen molar-refractivity contribution in [1.29, 1.82) is 5.26 Å². The van der Waals surface area contributed by atoms with Gasteiger partial charge in [-0.15, -0.1) is 0 Å². The summed E-state index contributed by atoms with van der Waals surface area (Å²) in [5.41, 5.74) is 1.40. The Morgan fingerprint density at radius 3 is 2.73 bits per heavy atom. The van der Waals surface area contributed by atoms with Crippen LogP contribution in [0, 0.1) is 11.3 Å². The van der Waals surface area contributed by atoms with Crippen LogP contribution in [0.4, 0.5) is 0 Å². The van der Waals surface area contributed by atoms with Crippen LogP contribution in [0.3, 0.4) is 0 Å². The van der Waals surface area contributed by atoms with Crippen molar-refractivity contribution < 1.29 is 8.42 Å². The summed E-state index contributed by atoms with van der Waals surface area (Å²) in [6, 6.07) is 9.89. The van der Waals surface area contributed by atoms with Crippen LogP contribution in [0.1, 0.15) is 17.2 Å². The SMILES string of the molecule is CN(C)[C@H](CNS(=O)(=O)c1cccc(C#N)c1)c1ccsc1. The maximum atomic E-state index is 12.4. The van der Waals surface area contributed by atoms with E-state index in [0.717, 1.165) is 5.56 Å². The summed E-state index contributed by atoms with van der Waals surface area (Å²) in [6.07, 6.45) is 0. The van der Waals surface area contributed by atoms with Crippen LogP contribution in [0.25, 0.3) is 0 Å². The molecular weight excluding hydrogens is 318 g/mol. The second-order valence-electron chi connectivity index (χ2n) is 5.03. The molecule has 0 aliphatic heterocycles. The predicted octanol–water partition coefficient (Wildman–Crippen LogP) is 2.20. The topological polar surface area (TPSA) is 73.2 Å². The fourth-order valence-electron chi connectivity index (χ4n) is 2.07. The molecule has 5 nitrogen and oxygen atoms in total. The molecular formula is C15H17N3O2S2. The van der Waals surface area contributed by atoms with Crippen molar-refractivity contribution in [2.75, 3.05) is 20.6 Å². The summed E-state index contributed by atoms with van der Waals surface area (Å²) in [4.78, 5) is 2.07. The van der Waals surface area contributed by atoms with Gasteiger partial charge in [0, 0.05) is 12.6 Å². The zero-order valence-electron chi connectivity index (χ0n) is 12.4. The van der Waals surface area contributed by atoms with Crippen LogP contribution >= 0.6 is 11.3 Å². The van der Waals surface area contributed by atoms with Gasteiger partial charge in [0.2, 0.25) is 10.0 Å². The number of hydrogen-bond donors (Lipinski definition) is 1. The maximum Gasteiger partial charge on any atom is 0.240 e. The quantitative estimate of drug-likeness (QED) is 0.878. The Kier molecular flexibility index (Phi) is 5.32. The fraction of sp³-hybridized carbons (Fsp3) is 0.267. The van der Waals surface area contributed by atoms with E-state index in [4.69, 9.17) is 5.26 Å². The molecule has 1 aromatic heterocycles. The first kappa shape index (κ1) is 16.6. The second kappa shape index (κ2) is 7.03. The molecule has 0 aliphatic carbocycles. The van der Waals surface area contributed by atoms with Crippen molar-refractivity contribution in [1.82, 2.24) is 9.62 Å². The normalized spacial score (nSPS) is 13.0. The first-order valence-electron chi connectivity index (χ1n) is 6.62. The fourth-order valence-corrected chi connectivity index (χ4v) is 3.86. The Hall–Kier alpha value is -1.72. The van der Waals surface area contributed by atoms with Gasteiger partial charge in [-0.2, -0.15) is 16.6 Å². The standard InChI is InChI=1S/C15H17N3O2S2/c1-18(2)15(13-6-7-21-11-13)10-17-22(19,20)14-5-3-4-12(8-14)9-16/h3-8,11,15,17H,10H2,1-2H3/t15-/m1/s1. The summed E-state index contributed by atoms with van der Waals surface area (Å²) >= 11 is 1.58. The molecule has 0 aliphatic rings. The molecule has 0 unspecified atom stereocenters. The number of sulfonamides is 1. The maximum absolute atomic E-state index is 12.4. The smallest absolute Gasteiger partial charge is 0.240 e. The third-order valence-electron chi connectivity index (χ3n) is 3.29. The Morgan fingerprint density at radius 1 is 1.36 bits per heavy atom. The lowest BCUT2D eigenvalue weighted by Gasteiger charge is -2.24. The van der Waals surface area contributed by atoms with Gasteiger partial charge in [0.25, 0.3) is 0 Å². The molecule has 0 spiro atoms. The predicted molar refractivity (Wildman–Crippen MR) is 87.1 cm³/mol. The molecule has 0 fully saturated rings. The molecule has 1 N–H and O–H groups in total. The average Bonchev–Trinajstić information content (AvgIpc) is 3.01. The van der Waals surface area contributed by atoms with Gasteiger partial charge < -0.3 is 4.90 Å². The third kappa shape index (κ3) is 3.93. The largest absolute Gasteiger partial charge is 0.301 e. The highest BCUT2D eigenvalue weighted by molar-refractivity contribution is 7.89. The number of thiophene rings is 1. The molecule has 1 heterocycles. The van der Waals surface area contributed by atoms with E-state index in [9.17, 15) is 8.42 Å². The van der Waals surface area contributed by atoms with Gasteiger partial charge >= 0.3 is 0 Å². The summed E-state index contributed by atoms with van der Waals surface area (Å²) in [5.74, 6) is 0. The van der Waals surface area contributed by atoms with E-state index >= 15 is 0 Å². The Balaban J connectivity index is 2.16. The van der Waals surface area contributed by atoms with Gasteiger partial charge in [0.05, 0.1) is 16.5 Å². The van der Waals surface area contributed by atoms with E-state index in [1.807, 2.05) is 41.9 Å². The van der Waals surface area contributed by atoms with Gasteiger partial charge in [0.1, 0.15) is 0 Å². The average molecular weight is 335 g/mol. The number of nitriles is 1. The molecule has 7 heteroatoms. The molecule has 116 valence electrons. The van der Waals surface area contributed by atoms with Crippen LogP contribution in [0.5, 0.6) is 0 Å². The zero-order chi connectivity index (χ0) is 16.2. The number of nitrogens with zero attached hydrogens (tertiary/aromatic N) is 2. The lowest BCUT2D eigenvalue weighted by Crippen LogP contribution is -2.34. The lowest BCUT2D eigenvalue weighted by molar-refractivity contribution is 0.300. The number of hydrogen-bond acceptors (Lipinski definition) is 5. The molecule has 1 aromatic carbocycles. The van der Waals surface area contributed by atoms with Crippen LogP contribution in [-0.4, -0.2) is 34.0 Å². The minimum atomic E-state index is -3.64. The van der Waals surface area contributed by atoms with Crippen molar-refractivity contribution in [3.63, 3.8) is 0 Å². The van der Waals surface area contributed by atoms with Crippen LogP contribution in [-0.2, 0) is 10.0 Å². The summed E-state index contributed by atoms with van der Waals surface area (Å²) in [7, 11) is 0.182. The number of nitrogens with one attached hydrogen (secondary N) is 1. The van der Waals surface area contributed by atoms with E-state index < -0.39 is 10.0 Å². The summed E-state index contributed by atoms with van der Waals surface area (Å²) < 4.78 is 27.3. The van der Waals surface area contributed by atoms with E-state index in [-0.39, 0.29) is 17.5 Å². The minimum absolute atomic E-state index is 0.0415. The molecule has 1 atom stereocenters. The number of benzene rings is 1. The second-order valence-corrected chi connectivity index (χ2v) is 7.57. The molecule has 2 rings (SSSR count). The van der Waals surface area contributed by atoms with E-state index in [2.05, 4.69) is 4.72 Å². The lowest BCUT2D eigenvalue weighted by atomic mass is 10.1. The van der Waals surface area contributed by atoms with Crippen molar-refractivity contribution in [2.45, 2.75) is 10.9 Å². The summed E-state index contributed by atoms with van der Waals surface area (Å²) in [6.45, 7) is 0.267. The highest BCUT2D eigenvalue weighted by Crippen LogP contribution is 2.21. The van der Waals surface area contributed by atoms with E-state index in [1.54, 1.807) is 23.5 Å². The van der Waals surface area contributed by atoms with Crippen LogP contribution in [0.2, 0.25) is 0 Å². The van der Waals surface area contributed by atoms with Crippen molar-refractivity contribution in [2.24, 2.45) is 0 Å². The van der Waals surface area contributed by atoms with Gasteiger partial charge in [-0.05, 0) is 54.7 Å². The van der Waals surface area contributed by atoms with Gasteiger partial charge in [-0.1, -0.05) is 6.07 Å². The molecule has 0 saturated heterocycles. The molecule has 0 radical (unpaired) electrons. The van der Waals surface area contributed by atoms with Crippen molar-refractivity contribution in [3.8, 4) is 6.07 Å². The number of likely N-dealkylation sites (N-methyl/N-ethyl adjacent to an activating group) is 1. The molecule has 22 heavy (non-hydrogen) atoms. The van der Waals surface area contributed by atoms with Gasteiger partial charge in [-0.3, -0.25) is 0 Å². The van der Waals surface area contributed by atoms with Gasteiger partial charge in [0.15, 0.2) is 0 Å². The van der Waals surface area contributed by atoms with Crippen LogP contribution < -0.4 is 4.72 Å². The first-order valence-corrected chi connectivity index (χ1v) is 9.05. The zero-order valence-corrected chi connectivity index (χ0v) is 14.0. The highest BCUT2D eigenvalue weighted by atomic mass is 32.2. The number of rotatable bonds is 6. The third-order valence-corrected chi connectivity index (χ3v) is 5.41. The molecule has 2 aromatic rings. The molecule has 0 bridgehead atoms. The Bertz CT molecular complexity index is 762. The summed E-state index contributed by atoms with van der Waals surface area (Å²) in [5, 5.41) is 12.9. The van der Waals surface area contributed by atoms with Crippen molar-refractivity contribution in [3.05, 3.63) is 52.2 Å². The highest BCUT2D eigenvalue weighted by Gasteiger charge is 2.20. The van der Waals surface area contributed by atoms with Crippen LogP contribution in [0.15, 0.2) is 46.0 Å². The molecule has 0 saturated carbocycles. The Morgan fingerprint density at radius 2 is 2.14 bits per heavy atom. The van der Waals surface area contributed by atoms with Gasteiger partial charge in [-0.25, -0.2) is 13.1 Å². The minimum Gasteiger partial charge on any atom is -0.301 e. The molecule has 0 amide bonds.